The van der Waals surface area contributed by atoms with Crippen molar-refractivity contribution < 1.29 is 13.5 Å². The van der Waals surface area contributed by atoms with E-state index in [9.17, 15) is 8.78 Å². The van der Waals surface area contributed by atoms with Crippen LogP contribution in [0.4, 0.5) is 8.78 Å². The number of rotatable bonds is 4. The lowest BCUT2D eigenvalue weighted by Crippen LogP contribution is -1.99. The van der Waals surface area contributed by atoms with Gasteiger partial charge in [-0.2, -0.15) is 0 Å². The highest BCUT2D eigenvalue weighted by Crippen LogP contribution is 2.21. The lowest BCUT2D eigenvalue weighted by atomic mass is 10.2. The van der Waals surface area contributed by atoms with E-state index in [1.807, 2.05) is 0 Å². The van der Waals surface area contributed by atoms with Crippen molar-refractivity contribution in [1.82, 2.24) is 0 Å². The summed E-state index contributed by atoms with van der Waals surface area (Å²) in [4.78, 5) is 0. The summed E-state index contributed by atoms with van der Waals surface area (Å²) in [5.41, 5.74) is 0.657. The Morgan fingerprint density at radius 2 is 1.21 bits per heavy atom. The molecule has 2 rings (SSSR count). The van der Waals surface area contributed by atoms with Crippen LogP contribution in [0, 0.1) is 11.6 Å². The van der Waals surface area contributed by atoms with E-state index in [1.165, 1.54) is 12.1 Å². The van der Waals surface area contributed by atoms with Crippen molar-refractivity contribution in [3.05, 3.63) is 69.2 Å². The Morgan fingerprint density at radius 3 is 1.63 bits per heavy atom. The molecule has 0 bridgehead atoms. The molecule has 0 spiro atoms. The highest BCUT2D eigenvalue weighted by atomic mass is 35.5. The monoisotopic (exact) mass is 302 g/mol. The van der Waals surface area contributed by atoms with Gasteiger partial charge in [0.05, 0.1) is 23.3 Å². The zero-order valence-corrected chi connectivity index (χ0v) is 11.3. The van der Waals surface area contributed by atoms with E-state index < -0.39 is 11.6 Å². The van der Waals surface area contributed by atoms with Gasteiger partial charge in [-0.05, 0) is 12.1 Å². The van der Waals surface area contributed by atoms with Gasteiger partial charge in [0, 0.05) is 11.1 Å². The fourth-order valence-corrected chi connectivity index (χ4v) is 1.98. The number of hydrogen-bond donors (Lipinski definition) is 0. The molecule has 0 fully saturated rings. The molecule has 2 aromatic rings. The highest BCUT2D eigenvalue weighted by Gasteiger charge is 2.08. The molecule has 0 atom stereocenters. The number of hydrogen-bond acceptors (Lipinski definition) is 1. The maximum Gasteiger partial charge on any atom is 0.147 e. The van der Waals surface area contributed by atoms with Gasteiger partial charge in [0.2, 0.25) is 0 Å². The summed E-state index contributed by atoms with van der Waals surface area (Å²) in [6.07, 6.45) is 0. The molecular weight excluding hydrogens is 293 g/mol. The van der Waals surface area contributed by atoms with Gasteiger partial charge in [0.25, 0.3) is 0 Å². The van der Waals surface area contributed by atoms with E-state index in [1.54, 1.807) is 24.3 Å². The summed E-state index contributed by atoms with van der Waals surface area (Å²) in [6, 6.07) is 9.30. The molecule has 1 nitrogen and oxygen atoms in total. The molecule has 0 heterocycles. The fraction of sp³-hybridized carbons (Fsp3) is 0.143. The molecule has 100 valence electrons. The Bertz CT molecular complexity index is 536. The predicted octanol–water partition coefficient (Wildman–Crippen LogP) is 4.99. The van der Waals surface area contributed by atoms with Crippen LogP contribution in [0.3, 0.4) is 0 Å². The zero-order valence-electron chi connectivity index (χ0n) is 9.80. The van der Waals surface area contributed by atoms with Crippen LogP contribution in [0.25, 0.3) is 0 Å². The van der Waals surface area contributed by atoms with Crippen molar-refractivity contribution in [2.45, 2.75) is 13.2 Å². The van der Waals surface area contributed by atoms with Crippen molar-refractivity contribution in [1.29, 1.82) is 0 Å². The maximum atomic E-state index is 13.6. The first-order chi connectivity index (χ1) is 9.09. The third-order valence-corrected chi connectivity index (χ3v) is 3.16. The Hall–Kier alpha value is -1.16. The van der Waals surface area contributed by atoms with Crippen molar-refractivity contribution in [2.24, 2.45) is 0 Å². The second kappa shape index (κ2) is 6.33. The minimum absolute atomic E-state index is 0.0122. The predicted molar refractivity (Wildman–Crippen MR) is 71.3 cm³/mol. The fourth-order valence-electron chi connectivity index (χ4n) is 1.59. The van der Waals surface area contributed by atoms with E-state index in [2.05, 4.69) is 0 Å². The Morgan fingerprint density at radius 1 is 0.789 bits per heavy atom. The van der Waals surface area contributed by atoms with Gasteiger partial charge in [-0.1, -0.05) is 47.5 Å². The van der Waals surface area contributed by atoms with Crippen molar-refractivity contribution in [2.75, 3.05) is 0 Å². The smallest absolute Gasteiger partial charge is 0.147 e. The first-order valence-corrected chi connectivity index (χ1v) is 6.28. The second-order valence-corrected chi connectivity index (χ2v) is 4.73. The molecule has 5 heteroatoms. The third kappa shape index (κ3) is 3.44. The highest BCUT2D eigenvalue weighted by molar-refractivity contribution is 6.31. The maximum absolute atomic E-state index is 13.6. The Labute approximate surface area is 119 Å². The van der Waals surface area contributed by atoms with Crippen LogP contribution in [-0.2, 0) is 18.0 Å². The molecule has 19 heavy (non-hydrogen) atoms. The number of benzene rings is 2. The average molecular weight is 303 g/mol. The molecule has 0 unspecified atom stereocenters. The molecule has 0 aliphatic rings. The van der Waals surface area contributed by atoms with Crippen LogP contribution in [0.15, 0.2) is 36.4 Å². The molecular formula is C14H10Cl2F2O. The minimum atomic E-state index is -0.518. The van der Waals surface area contributed by atoms with Gasteiger partial charge in [0.15, 0.2) is 0 Å². The molecule has 0 saturated heterocycles. The van der Waals surface area contributed by atoms with E-state index >= 15 is 0 Å². The normalized spacial score (nSPS) is 10.7. The topological polar surface area (TPSA) is 9.23 Å². The summed E-state index contributed by atoms with van der Waals surface area (Å²) < 4.78 is 32.4. The first kappa shape index (κ1) is 14.3. The standard InChI is InChI=1S/C14H10Cl2F2O/c15-11-5-1-3-9(13(11)17)7-19-8-10-4-2-6-12(16)14(10)18/h1-6H,7-8H2. The van der Waals surface area contributed by atoms with E-state index in [-0.39, 0.29) is 23.3 Å². The Kier molecular flexibility index (Phi) is 4.75. The largest absolute Gasteiger partial charge is 0.372 e. The van der Waals surface area contributed by atoms with Crippen LogP contribution >= 0.6 is 23.2 Å². The quantitative estimate of drug-likeness (QED) is 0.773. The van der Waals surface area contributed by atoms with Gasteiger partial charge >= 0.3 is 0 Å². The molecule has 0 N–H and O–H groups in total. The van der Waals surface area contributed by atoms with Gasteiger partial charge in [-0.15, -0.1) is 0 Å². The lowest BCUT2D eigenvalue weighted by Gasteiger charge is -2.08. The van der Waals surface area contributed by atoms with Crippen molar-refractivity contribution in [3.63, 3.8) is 0 Å². The van der Waals surface area contributed by atoms with E-state index in [0.29, 0.717) is 11.1 Å². The lowest BCUT2D eigenvalue weighted by molar-refractivity contribution is 0.102. The molecule has 0 radical (unpaired) electrons. The summed E-state index contributed by atoms with van der Waals surface area (Å²) in [7, 11) is 0. The number of halogens is 4. The first-order valence-electron chi connectivity index (χ1n) is 5.53. The van der Waals surface area contributed by atoms with Crippen LogP contribution in [0.5, 0.6) is 0 Å². The van der Waals surface area contributed by atoms with Gasteiger partial charge in [0.1, 0.15) is 11.6 Å². The SMILES string of the molecule is Fc1c(Cl)cccc1COCc1cccc(Cl)c1F. The van der Waals surface area contributed by atoms with Gasteiger partial charge in [-0.25, -0.2) is 8.78 Å². The van der Waals surface area contributed by atoms with Crippen LogP contribution < -0.4 is 0 Å². The average Bonchev–Trinajstić information content (AvgIpc) is 2.39. The third-order valence-electron chi connectivity index (χ3n) is 2.58. The van der Waals surface area contributed by atoms with Gasteiger partial charge in [-0.3, -0.25) is 0 Å². The van der Waals surface area contributed by atoms with Crippen molar-refractivity contribution >= 4 is 23.2 Å². The summed E-state index contributed by atoms with van der Waals surface area (Å²) in [6.45, 7) is 0.0245. The molecule has 0 aliphatic heterocycles. The van der Waals surface area contributed by atoms with E-state index in [4.69, 9.17) is 27.9 Å². The van der Waals surface area contributed by atoms with Crippen LogP contribution in [-0.4, -0.2) is 0 Å². The molecule has 0 aromatic heterocycles. The second-order valence-electron chi connectivity index (χ2n) is 3.92. The Balaban J connectivity index is 2.00. The van der Waals surface area contributed by atoms with E-state index in [0.717, 1.165) is 0 Å². The molecule has 0 amide bonds. The molecule has 0 aliphatic carbocycles. The zero-order chi connectivity index (χ0) is 13.8. The summed E-state index contributed by atoms with van der Waals surface area (Å²) in [5.74, 6) is -1.04. The van der Waals surface area contributed by atoms with Crippen LogP contribution in [0.1, 0.15) is 11.1 Å². The summed E-state index contributed by atoms with van der Waals surface area (Å²) >= 11 is 11.3. The minimum Gasteiger partial charge on any atom is -0.372 e. The van der Waals surface area contributed by atoms with Gasteiger partial charge < -0.3 is 4.74 Å². The number of ether oxygens (including phenoxy) is 1. The van der Waals surface area contributed by atoms with Crippen LogP contribution in [0.2, 0.25) is 10.0 Å². The molecule has 2 aromatic carbocycles. The molecule has 0 saturated carbocycles. The van der Waals surface area contributed by atoms with Crippen molar-refractivity contribution in [3.8, 4) is 0 Å². The summed E-state index contributed by atoms with van der Waals surface area (Å²) in [5, 5.41) is 0.0741.